The van der Waals surface area contributed by atoms with Gasteiger partial charge < -0.3 is 5.11 Å². The lowest BCUT2D eigenvalue weighted by atomic mass is 10.0. The molecular weight excluding hydrogens is 152 g/mol. The lowest BCUT2D eigenvalue weighted by Gasteiger charge is -2.14. The number of nitrogens with zero attached hydrogens (tertiary/aromatic N) is 2. The number of hydrogen-bond acceptors (Lipinski definition) is 3. The van der Waals surface area contributed by atoms with Crippen LogP contribution in [0.5, 0.6) is 0 Å². The normalized spacial score (nSPS) is 14.8. The predicted molar refractivity (Wildman–Crippen MR) is 45.2 cm³/mol. The van der Waals surface area contributed by atoms with E-state index in [4.69, 9.17) is 6.42 Å². The van der Waals surface area contributed by atoms with Crippen LogP contribution in [0.25, 0.3) is 0 Å². The summed E-state index contributed by atoms with van der Waals surface area (Å²) < 4.78 is 0. The third-order valence-corrected chi connectivity index (χ3v) is 1.58. The zero-order chi connectivity index (χ0) is 9.19. The van der Waals surface area contributed by atoms with Crippen LogP contribution in [-0.2, 0) is 5.60 Å². The van der Waals surface area contributed by atoms with Crippen LogP contribution >= 0.6 is 0 Å². The van der Waals surface area contributed by atoms with Crippen LogP contribution in [0.1, 0.15) is 18.3 Å². The molecule has 0 amide bonds. The SMILES string of the molecule is C#CC(C)(O)c1cc(C)ncn1. The van der Waals surface area contributed by atoms with E-state index in [1.165, 1.54) is 13.3 Å². The molecule has 62 valence electrons. The van der Waals surface area contributed by atoms with E-state index in [1.54, 1.807) is 6.07 Å². The summed E-state index contributed by atoms with van der Waals surface area (Å²) >= 11 is 0. The molecule has 0 aliphatic heterocycles. The van der Waals surface area contributed by atoms with Crippen molar-refractivity contribution in [3.63, 3.8) is 0 Å². The lowest BCUT2D eigenvalue weighted by Crippen LogP contribution is -2.20. The van der Waals surface area contributed by atoms with Crippen molar-refractivity contribution in [1.29, 1.82) is 0 Å². The van der Waals surface area contributed by atoms with Crippen molar-refractivity contribution in [2.45, 2.75) is 19.4 Å². The van der Waals surface area contributed by atoms with Gasteiger partial charge in [-0.2, -0.15) is 0 Å². The van der Waals surface area contributed by atoms with Gasteiger partial charge in [0, 0.05) is 5.69 Å². The Kier molecular flexibility index (Phi) is 2.11. The van der Waals surface area contributed by atoms with Crippen molar-refractivity contribution >= 4 is 0 Å². The molecule has 1 N–H and O–H groups in total. The summed E-state index contributed by atoms with van der Waals surface area (Å²) in [6, 6.07) is 1.67. The minimum atomic E-state index is -1.30. The zero-order valence-electron chi connectivity index (χ0n) is 7.07. The molecule has 3 nitrogen and oxygen atoms in total. The molecular formula is C9H10N2O. The van der Waals surface area contributed by atoms with Crippen LogP contribution in [0.15, 0.2) is 12.4 Å². The standard InChI is InChI=1S/C9H10N2O/c1-4-9(3,12)8-5-7(2)10-6-11-8/h1,5-6,12H,2-3H3. The molecule has 3 heteroatoms. The third-order valence-electron chi connectivity index (χ3n) is 1.58. The van der Waals surface area contributed by atoms with Gasteiger partial charge in [0.1, 0.15) is 6.33 Å². The fourth-order valence-corrected chi connectivity index (χ4v) is 0.795. The second-order valence-corrected chi connectivity index (χ2v) is 2.76. The van der Waals surface area contributed by atoms with E-state index in [-0.39, 0.29) is 0 Å². The first kappa shape index (κ1) is 8.69. The Hall–Kier alpha value is -1.40. The van der Waals surface area contributed by atoms with Crippen molar-refractivity contribution in [2.24, 2.45) is 0 Å². The second-order valence-electron chi connectivity index (χ2n) is 2.76. The van der Waals surface area contributed by atoms with Gasteiger partial charge >= 0.3 is 0 Å². The zero-order valence-corrected chi connectivity index (χ0v) is 7.07. The molecule has 0 radical (unpaired) electrons. The lowest BCUT2D eigenvalue weighted by molar-refractivity contribution is 0.117. The highest BCUT2D eigenvalue weighted by atomic mass is 16.3. The molecule has 0 fully saturated rings. The summed E-state index contributed by atoms with van der Waals surface area (Å²) in [6.45, 7) is 3.34. The van der Waals surface area contributed by atoms with Gasteiger partial charge in [-0.25, -0.2) is 9.97 Å². The van der Waals surface area contributed by atoms with Crippen LogP contribution in [0.2, 0.25) is 0 Å². The van der Waals surface area contributed by atoms with Gasteiger partial charge in [-0.1, -0.05) is 5.92 Å². The van der Waals surface area contributed by atoms with E-state index in [1.807, 2.05) is 6.92 Å². The summed E-state index contributed by atoms with van der Waals surface area (Å²) in [6.07, 6.45) is 6.51. The summed E-state index contributed by atoms with van der Waals surface area (Å²) in [5.74, 6) is 2.25. The maximum absolute atomic E-state index is 9.59. The third kappa shape index (κ3) is 1.60. The monoisotopic (exact) mass is 162 g/mol. The van der Waals surface area contributed by atoms with Crippen molar-refractivity contribution in [3.8, 4) is 12.3 Å². The average molecular weight is 162 g/mol. The Labute approximate surface area is 71.5 Å². The Bertz CT molecular complexity index is 326. The molecule has 0 aromatic carbocycles. The van der Waals surface area contributed by atoms with Gasteiger partial charge in [0.05, 0.1) is 5.69 Å². The average Bonchev–Trinajstić information content (AvgIpc) is 2.05. The highest BCUT2D eigenvalue weighted by Crippen LogP contribution is 2.16. The molecule has 1 aromatic heterocycles. The van der Waals surface area contributed by atoms with Gasteiger partial charge in [-0.3, -0.25) is 0 Å². The highest BCUT2D eigenvalue weighted by molar-refractivity contribution is 5.23. The van der Waals surface area contributed by atoms with E-state index in [0.717, 1.165) is 5.69 Å². The largest absolute Gasteiger partial charge is 0.372 e. The molecule has 1 heterocycles. The quantitative estimate of drug-likeness (QED) is 0.616. The maximum Gasteiger partial charge on any atom is 0.164 e. The number of rotatable bonds is 1. The molecule has 0 aliphatic carbocycles. The number of terminal acetylenes is 1. The first-order valence-electron chi connectivity index (χ1n) is 3.55. The van der Waals surface area contributed by atoms with Crippen LogP contribution in [0.3, 0.4) is 0 Å². The van der Waals surface area contributed by atoms with Crippen molar-refractivity contribution < 1.29 is 5.11 Å². The summed E-state index contributed by atoms with van der Waals surface area (Å²) in [4.78, 5) is 7.78. The topological polar surface area (TPSA) is 46.0 Å². The molecule has 1 unspecified atom stereocenters. The number of hydrogen-bond donors (Lipinski definition) is 1. The van der Waals surface area contributed by atoms with E-state index in [0.29, 0.717) is 5.69 Å². The summed E-state index contributed by atoms with van der Waals surface area (Å²) in [5, 5.41) is 9.59. The van der Waals surface area contributed by atoms with E-state index in [9.17, 15) is 5.11 Å². The summed E-state index contributed by atoms with van der Waals surface area (Å²) in [7, 11) is 0. The molecule has 0 saturated heterocycles. The van der Waals surface area contributed by atoms with Crippen LogP contribution in [0, 0.1) is 19.3 Å². The minimum absolute atomic E-state index is 0.456. The van der Waals surface area contributed by atoms with Crippen molar-refractivity contribution in [2.75, 3.05) is 0 Å². The van der Waals surface area contributed by atoms with Gasteiger partial charge in [-0.15, -0.1) is 6.42 Å². The minimum Gasteiger partial charge on any atom is -0.372 e. The molecule has 1 atom stereocenters. The maximum atomic E-state index is 9.59. The number of aryl methyl sites for hydroxylation is 1. The fourth-order valence-electron chi connectivity index (χ4n) is 0.795. The predicted octanol–water partition coefficient (Wildman–Crippen LogP) is 0.626. The van der Waals surface area contributed by atoms with Gasteiger partial charge in [-0.05, 0) is 19.9 Å². The first-order valence-corrected chi connectivity index (χ1v) is 3.55. The molecule has 12 heavy (non-hydrogen) atoms. The number of aliphatic hydroxyl groups is 1. The highest BCUT2D eigenvalue weighted by Gasteiger charge is 2.21. The molecule has 0 bridgehead atoms. The van der Waals surface area contributed by atoms with Crippen molar-refractivity contribution in [3.05, 3.63) is 23.8 Å². The Morgan fingerprint density at radius 2 is 2.25 bits per heavy atom. The first-order chi connectivity index (χ1) is 5.56. The van der Waals surface area contributed by atoms with Crippen LogP contribution < -0.4 is 0 Å². The Balaban J connectivity index is 3.14. The van der Waals surface area contributed by atoms with Crippen molar-refractivity contribution in [1.82, 2.24) is 9.97 Å². The molecule has 0 spiro atoms. The van der Waals surface area contributed by atoms with Crippen LogP contribution in [-0.4, -0.2) is 15.1 Å². The Morgan fingerprint density at radius 3 is 2.75 bits per heavy atom. The molecule has 0 aliphatic rings. The van der Waals surface area contributed by atoms with Crippen LogP contribution in [0.4, 0.5) is 0 Å². The molecule has 1 rings (SSSR count). The molecule has 0 saturated carbocycles. The molecule has 1 aromatic rings. The smallest absolute Gasteiger partial charge is 0.164 e. The van der Waals surface area contributed by atoms with E-state index in [2.05, 4.69) is 15.9 Å². The van der Waals surface area contributed by atoms with E-state index >= 15 is 0 Å². The van der Waals surface area contributed by atoms with Gasteiger partial charge in [0.25, 0.3) is 0 Å². The van der Waals surface area contributed by atoms with Gasteiger partial charge in [0.15, 0.2) is 5.60 Å². The fraction of sp³-hybridized carbons (Fsp3) is 0.333. The van der Waals surface area contributed by atoms with E-state index < -0.39 is 5.60 Å². The summed E-state index contributed by atoms with van der Waals surface area (Å²) in [5.41, 5.74) is -0.0544. The second kappa shape index (κ2) is 2.92. The number of aromatic nitrogens is 2. The van der Waals surface area contributed by atoms with Gasteiger partial charge in [0.2, 0.25) is 0 Å². The Morgan fingerprint density at radius 1 is 1.58 bits per heavy atom.